The quantitative estimate of drug-likeness (QED) is 0.336. The van der Waals surface area contributed by atoms with Crippen LogP contribution in [0.1, 0.15) is 44.2 Å². The van der Waals surface area contributed by atoms with Gasteiger partial charge in [-0.05, 0) is 37.8 Å². The highest BCUT2D eigenvalue weighted by atomic mass is 16.6. The third-order valence-corrected chi connectivity index (χ3v) is 5.15. The Bertz CT molecular complexity index is 965. The molecule has 0 aliphatic carbocycles. The summed E-state index contributed by atoms with van der Waals surface area (Å²) in [7, 11) is 0. The SMILES string of the molecule is C=C(CC(=O)OC(C)C(=O)CCc1ccccc1)C(=O)OC(C)C(=O)CCc1ccccc1. The van der Waals surface area contributed by atoms with Gasteiger partial charge >= 0.3 is 11.9 Å². The number of hydrogen-bond acceptors (Lipinski definition) is 6. The van der Waals surface area contributed by atoms with E-state index in [2.05, 4.69) is 6.58 Å². The number of carbonyl (C=O) groups excluding carboxylic acids is 4. The number of hydrogen-bond donors (Lipinski definition) is 0. The minimum Gasteiger partial charge on any atom is -0.454 e. The Morgan fingerprint density at radius 2 is 1.15 bits per heavy atom. The summed E-state index contributed by atoms with van der Waals surface area (Å²) in [6.07, 6.45) is -0.724. The molecule has 0 saturated heterocycles. The molecule has 2 atom stereocenters. The van der Waals surface area contributed by atoms with Crippen molar-refractivity contribution in [1.29, 1.82) is 0 Å². The van der Waals surface area contributed by atoms with E-state index < -0.39 is 30.6 Å². The molecule has 0 aromatic heterocycles. The molecule has 0 saturated carbocycles. The van der Waals surface area contributed by atoms with Gasteiger partial charge in [-0.1, -0.05) is 67.2 Å². The van der Waals surface area contributed by atoms with Crippen LogP contribution in [-0.2, 0) is 41.5 Å². The van der Waals surface area contributed by atoms with Crippen molar-refractivity contribution < 1.29 is 28.7 Å². The molecule has 6 nitrogen and oxygen atoms in total. The van der Waals surface area contributed by atoms with Gasteiger partial charge in [-0.15, -0.1) is 0 Å². The molecule has 0 N–H and O–H groups in total. The molecular weight excluding hydrogens is 420 g/mol. The first-order valence-electron chi connectivity index (χ1n) is 11.0. The fourth-order valence-electron chi connectivity index (χ4n) is 3.09. The lowest BCUT2D eigenvalue weighted by molar-refractivity contribution is -0.155. The second kappa shape index (κ2) is 13.1. The van der Waals surface area contributed by atoms with Gasteiger partial charge in [0.05, 0.1) is 6.42 Å². The number of ketones is 2. The van der Waals surface area contributed by atoms with Crippen LogP contribution in [0.25, 0.3) is 0 Å². The Kier molecular flexibility index (Phi) is 10.2. The van der Waals surface area contributed by atoms with E-state index in [0.717, 1.165) is 11.1 Å². The summed E-state index contributed by atoms with van der Waals surface area (Å²) in [5, 5.41) is 0. The molecule has 0 fully saturated rings. The molecular formula is C27H30O6. The molecule has 0 aliphatic heterocycles. The van der Waals surface area contributed by atoms with E-state index in [1.165, 1.54) is 13.8 Å². The van der Waals surface area contributed by atoms with Crippen molar-refractivity contribution in [2.45, 2.75) is 58.2 Å². The van der Waals surface area contributed by atoms with Crippen molar-refractivity contribution in [2.75, 3.05) is 0 Å². The lowest BCUT2D eigenvalue weighted by atomic mass is 10.1. The largest absolute Gasteiger partial charge is 0.454 e. The van der Waals surface area contributed by atoms with Crippen molar-refractivity contribution in [1.82, 2.24) is 0 Å². The maximum Gasteiger partial charge on any atom is 0.334 e. The zero-order chi connectivity index (χ0) is 24.2. The van der Waals surface area contributed by atoms with E-state index in [9.17, 15) is 19.2 Å². The van der Waals surface area contributed by atoms with E-state index in [0.29, 0.717) is 12.8 Å². The summed E-state index contributed by atoms with van der Waals surface area (Å²) in [6.45, 7) is 6.55. The molecule has 0 radical (unpaired) electrons. The molecule has 2 aromatic carbocycles. The first-order valence-corrected chi connectivity index (χ1v) is 11.0. The highest BCUT2D eigenvalue weighted by Crippen LogP contribution is 2.11. The van der Waals surface area contributed by atoms with Gasteiger partial charge in [-0.25, -0.2) is 4.79 Å². The Balaban J connectivity index is 1.71. The van der Waals surface area contributed by atoms with Gasteiger partial charge in [0.25, 0.3) is 0 Å². The minimum absolute atomic E-state index is 0.133. The maximum atomic E-state index is 12.2. The van der Waals surface area contributed by atoms with E-state index in [4.69, 9.17) is 9.47 Å². The molecule has 2 unspecified atom stereocenters. The minimum atomic E-state index is -0.951. The number of esters is 2. The van der Waals surface area contributed by atoms with Crippen LogP contribution in [0.2, 0.25) is 0 Å². The Morgan fingerprint density at radius 1 is 0.727 bits per heavy atom. The smallest absolute Gasteiger partial charge is 0.334 e. The molecule has 0 heterocycles. The van der Waals surface area contributed by atoms with Crippen LogP contribution in [0.5, 0.6) is 0 Å². The molecule has 2 aromatic rings. The van der Waals surface area contributed by atoms with Crippen LogP contribution in [-0.4, -0.2) is 35.7 Å². The predicted molar refractivity (Wildman–Crippen MR) is 124 cm³/mol. The fraction of sp³-hybridized carbons (Fsp3) is 0.333. The zero-order valence-electron chi connectivity index (χ0n) is 19.1. The summed E-state index contributed by atoms with van der Waals surface area (Å²) < 4.78 is 10.3. The van der Waals surface area contributed by atoms with E-state index in [1.54, 1.807) is 0 Å². The highest BCUT2D eigenvalue weighted by Gasteiger charge is 2.23. The Morgan fingerprint density at radius 3 is 1.61 bits per heavy atom. The number of Topliss-reactive ketones (excluding diaryl/α,β-unsaturated/α-hetero) is 2. The van der Waals surface area contributed by atoms with Crippen LogP contribution >= 0.6 is 0 Å². The molecule has 0 aliphatic rings. The van der Waals surface area contributed by atoms with E-state index in [-0.39, 0.29) is 30.0 Å². The lowest BCUT2D eigenvalue weighted by Crippen LogP contribution is -2.27. The Hall–Kier alpha value is -3.54. The van der Waals surface area contributed by atoms with Crippen LogP contribution in [0, 0.1) is 0 Å². The van der Waals surface area contributed by atoms with Crippen molar-refractivity contribution >= 4 is 23.5 Å². The van der Waals surface area contributed by atoms with Crippen molar-refractivity contribution in [2.24, 2.45) is 0 Å². The monoisotopic (exact) mass is 450 g/mol. The number of benzene rings is 2. The number of carbonyl (C=O) groups is 4. The first-order chi connectivity index (χ1) is 15.8. The summed E-state index contributed by atoms with van der Waals surface area (Å²) in [6, 6.07) is 19.1. The number of aryl methyl sites for hydroxylation is 2. The van der Waals surface area contributed by atoms with Crippen molar-refractivity contribution in [3.05, 3.63) is 83.9 Å². The zero-order valence-corrected chi connectivity index (χ0v) is 19.1. The topological polar surface area (TPSA) is 86.7 Å². The van der Waals surface area contributed by atoms with E-state index in [1.807, 2.05) is 60.7 Å². The summed E-state index contributed by atoms with van der Waals surface area (Å²) in [4.78, 5) is 48.8. The number of ether oxygens (including phenoxy) is 2. The van der Waals surface area contributed by atoms with Crippen molar-refractivity contribution in [3.8, 4) is 0 Å². The second-order valence-electron chi connectivity index (χ2n) is 7.86. The highest BCUT2D eigenvalue weighted by molar-refractivity contribution is 5.96. The van der Waals surface area contributed by atoms with Gasteiger partial charge in [0.15, 0.2) is 23.8 Å². The van der Waals surface area contributed by atoms with Crippen molar-refractivity contribution in [3.63, 3.8) is 0 Å². The van der Waals surface area contributed by atoms with Gasteiger partial charge in [0.2, 0.25) is 0 Å². The van der Waals surface area contributed by atoms with Crippen LogP contribution < -0.4 is 0 Å². The average molecular weight is 451 g/mol. The third kappa shape index (κ3) is 9.23. The normalized spacial score (nSPS) is 12.3. The molecule has 0 amide bonds. The van der Waals surface area contributed by atoms with E-state index >= 15 is 0 Å². The molecule has 6 heteroatoms. The molecule has 174 valence electrons. The van der Waals surface area contributed by atoms with Gasteiger partial charge in [-0.2, -0.15) is 0 Å². The second-order valence-corrected chi connectivity index (χ2v) is 7.86. The van der Waals surface area contributed by atoms with Crippen LogP contribution in [0.15, 0.2) is 72.8 Å². The maximum absolute atomic E-state index is 12.2. The summed E-state index contributed by atoms with van der Waals surface area (Å²) in [5.41, 5.74) is 1.91. The number of rotatable bonds is 13. The van der Waals surface area contributed by atoms with Gasteiger partial charge in [0, 0.05) is 18.4 Å². The lowest BCUT2D eigenvalue weighted by Gasteiger charge is -2.15. The van der Waals surface area contributed by atoms with Gasteiger partial charge in [-0.3, -0.25) is 14.4 Å². The summed E-state index contributed by atoms with van der Waals surface area (Å²) in [5.74, 6) is -2.02. The molecule has 0 bridgehead atoms. The standard InChI is InChI=1S/C27H30O6/c1-19(27(31)33-21(3)25(29)17-15-23-12-8-5-9-13-23)18-26(30)32-20(2)24(28)16-14-22-10-6-4-7-11-22/h4-13,20-21H,1,14-18H2,2-3H3. The van der Waals surface area contributed by atoms with Crippen LogP contribution in [0.3, 0.4) is 0 Å². The Labute approximate surface area is 194 Å². The average Bonchev–Trinajstić information content (AvgIpc) is 2.81. The third-order valence-electron chi connectivity index (χ3n) is 5.15. The first kappa shape index (κ1) is 25.7. The van der Waals surface area contributed by atoms with Gasteiger partial charge in [0.1, 0.15) is 0 Å². The summed E-state index contributed by atoms with van der Waals surface area (Å²) >= 11 is 0. The predicted octanol–water partition coefficient (Wildman–Crippen LogP) is 4.20. The fourth-order valence-corrected chi connectivity index (χ4v) is 3.09. The van der Waals surface area contributed by atoms with Gasteiger partial charge < -0.3 is 9.47 Å². The molecule has 0 spiro atoms. The molecule has 2 rings (SSSR count). The molecule has 33 heavy (non-hydrogen) atoms. The van der Waals surface area contributed by atoms with Crippen LogP contribution in [0.4, 0.5) is 0 Å².